The van der Waals surface area contributed by atoms with E-state index in [1.165, 1.54) is 13.8 Å². The van der Waals surface area contributed by atoms with E-state index in [-0.39, 0.29) is 6.61 Å². The Labute approximate surface area is 202 Å². The molecule has 35 heavy (non-hydrogen) atoms. The molecule has 1 aliphatic heterocycles. The molecule has 1 heterocycles. The maximum atomic E-state index is 13.3. The Morgan fingerprint density at radius 1 is 1.00 bits per heavy atom. The normalized spacial score (nSPS) is 17.9. The lowest BCUT2D eigenvalue weighted by Gasteiger charge is -2.48. The van der Waals surface area contributed by atoms with Gasteiger partial charge in [0.2, 0.25) is 6.23 Å². The van der Waals surface area contributed by atoms with Crippen LogP contribution < -0.4 is 5.73 Å². The summed E-state index contributed by atoms with van der Waals surface area (Å²) in [5, 5.41) is 3.20. The summed E-state index contributed by atoms with van der Waals surface area (Å²) < 4.78 is 10.7. The molecular weight excluding hydrogens is 450 g/mol. The maximum Gasteiger partial charge on any atom is 0.436 e. The number of hydrogen-bond acceptors (Lipinski definition) is 7. The van der Waals surface area contributed by atoms with Crippen LogP contribution in [0.3, 0.4) is 0 Å². The second-order valence-corrected chi connectivity index (χ2v) is 8.25. The zero-order valence-corrected chi connectivity index (χ0v) is 19.3. The zero-order valence-electron chi connectivity index (χ0n) is 19.3. The maximum absolute atomic E-state index is 13.3. The highest BCUT2D eigenvalue weighted by Crippen LogP contribution is 2.39. The van der Waals surface area contributed by atoms with Crippen LogP contribution in [0.5, 0.6) is 0 Å². The highest BCUT2D eigenvalue weighted by Gasteiger charge is 2.57. The van der Waals surface area contributed by atoms with Gasteiger partial charge in [0.1, 0.15) is 12.5 Å². The molecule has 4 rings (SSSR count). The minimum absolute atomic E-state index is 0.128. The molecular formula is C26H25N3O6. The van der Waals surface area contributed by atoms with Gasteiger partial charge in [0.15, 0.2) is 0 Å². The number of nitrogens with two attached hydrogens (primary N) is 1. The monoisotopic (exact) mass is 475 g/mol. The molecule has 9 nitrogen and oxygen atoms in total. The molecule has 0 aromatic heterocycles. The highest BCUT2D eigenvalue weighted by molar-refractivity contribution is 6.01. The summed E-state index contributed by atoms with van der Waals surface area (Å²) in [6, 6.07) is 20.8. The first kappa shape index (κ1) is 23.9. The molecule has 180 valence electrons. The number of ether oxygens (including phenoxy) is 2. The van der Waals surface area contributed by atoms with Crippen LogP contribution in [-0.4, -0.2) is 46.2 Å². The SMILES string of the molecule is CC(=O)O[C@H]1[C@H](c2ccc3ccccc3c2)C(=O)N1N(C(=O)OCc1ccccc1)C(=O)[C@H](C)N. The molecule has 1 saturated heterocycles. The van der Waals surface area contributed by atoms with Gasteiger partial charge in [-0.15, -0.1) is 5.01 Å². The first-order valence-electron chi connectivity index (χ1n) is 11.1. The zero-order chi connectivity index (χ0) is 25.1. The van der Waals surface area contributed by atoms with Gasteiger partial charge in [0, 0.05) is 6.92 Å². The second-order valence-electron chi connectivity index (χ2n) is 8.25. The molecule has 0 spiro atoms. The number of esters is 1. The molecule has 1 fully saturated rings. The topological polar surface area (TPSA) is 119 Å². The van der Waals surface area contributed by atoms with Crippen molar-refractivity contribution < 1.29 is 28.7 Å². The fourth-order valence-corrected chi connectivity index (χ4v) is 3.92. The molecule has 9 heteroatoms. The molecule has 0 bridgehead atoms. The van der Waals surface area contributed by atoms with Gasteiger partial charge in [-0.3, -0.25) is 14.4 Å². The van der Waals surface area contributed by atoms with Crippen molar-refractivity contribution in [2.24, 2.45) is 5.73 Å². The van der Waals surface area contributed by atoms with Crippen LogP contribution in [0.4, 0.5) is 4.79 Å². The molecule has 3 amide bonds. The first-order valence-corrected chi connectivity index (χ1v) is 11.1. The van der Waals surface area contributed by atoms with E-state index in [0.29, 0.717) is 16.1 Å². The number of carbonyl (C=O) groups excluding carboxylic acids is 4. The number of benzene rings is 3. The molecule has 1 aliphatic rings. The Morgan fingerprint density at radius 3 is 2.31 bits per heavy atom. The van der Waals surface area contributed by atoms with Crippen LogP contribution in [0.25, 0.3) is 10.8 Å². The number of imide groups is 1. The van der Waals surface area contributed by atoms with Gasteiger partial charge >= 0.3 is 12.1 Å². The van der Waals surface area contributed by atoms with E-state index in [2.05, 4.69) is 0 Å². The summed E-state index contributed by atoms with van der Waals surface area (Å²) in [4.78, 5) is 51.1. The van der Waals surface area contributed by atoms with E-state index in [1.54, 1.807) is 30.3 Å². The fraction of sp³-hybridized carbons (Fsp3) is 0.231. The summed E-state index contributed by atoms with van der Waals surface area (Å²) >= 11 is 0. The minimum atomic E-state index is -1.23. The van der Waals surface area contributed by atoms with E-state index >= 15 is 0 Å². The lowest BCUT2D eigenvalue weighted by Crippen LogP contribution is -2.70. The average molecular weight is 476 g/mol. The van der Waals surface area contributed by atoms with Crippen molar-refractivity contribution in [1.29, 1.82) is 0 Å². The van der Waals surface area contributed by atoms with Gasteiger partial charge in [-0.1, -0.05) is 72.8 Å². The minimum Gasteiger partial charge on any atom is -0.443 e. The van der Waals surface area contributed by atoms with Crippen molar-refractivity contribution in [3.05, 3.63) is 83.9 Å². The van der Waals surface area contributed by atoms with E-state index in [9.17, 15) is 19.2 Å². The summed E-state index contributed by atoms with van der Waals surface area (Å²) in [5.74, 6) is -3.05. The Kier molecular flexibility index (Phi) is 6.79. The number of hydrazine groups is 1. The van der Waals surface area contributed by atoms with Crippen LogP contribution in [0.2, 0.25) is 0 Å². The van der Waals surface area contributed by atoms with Crippen molar-refractivity contribution in [3.63, 3.8) is 0 Å². The first-order chi connectivity index (χ1) is 16.8. The molecule has 3 atom stereocenters. The van der Waals surface area contributed by atoms with Gasteiger partial charge < -0.3 is 15.2 Å². The van der Waals surface area contributed by atoms with E-state index in [4.69, 9.17) is 15.2 Å². The summed E-state index contributed by atoms with van der Waals surface area (Å²) in [6.07, 6.45) is -2.33. The molecule has 0 aliphatic carbocycles. The Bertz CT molecular complexity index is 1280. The fourth-order valence-electron chi connectivity index (χ4n) is 3.92. The quantitative estimate of drug-likeness (QED) is 0.430. The summed E-state index contributed by atoms with van der Waals surface area (Å²) in [6.45, 7) is 2.44. The highest BCUT2D eigenvalue weighted by atomic mass is 16.6. The van der Waals surface area contributed by atoms with Crippen molar-refractivity contribution in [3.8, 4) is 0 Å². The number of amides is 3. The Hall–Kier alpha value is -4.24. The number of rotatable bonds is 6. The predicted octanol–water partition coefficient (Wildman–Crippen LogP) is 3.08. The second kappa shape index (κ2) is 9.94. The lowest BCUT2D eigenvalue weighted by molar-refractivity contribution is -0.222. The van der Waals surface area contributed by atoms with Crippen LogP contribution in [-0.2, 0) is 30.5 Å². The molecule has 3 aromatic rings. The Balaban J connectivity index is 1.64. The van der Waals surface area contributed by atoms with Gasteiger partial charge in [0.05, 0.1) is 6.04 Å². The number of nitrogens with zero attached hydrogens (tertiary/aromatic N) is 2. The van der Waals surface area contributed by atoms with Crippen LogP contribution in [0.15, 0.2) is 72.8 Å². The Morgan fingerprint density at radius 2 is 1.66 bits per heavy atom. The third kappa shape index (κ3) is 4.85. The third-order valence-corrected chi connectivity index (χ3v) is 5.63. The molecule has 3 aromatic carbocycles. The van der Waals surface area contributed by atoms with Crippen LogP contribution in [0.1, 0.15) is 30.9 Å². The number of β-lactam (4-membered cyclic amide) rings is 1. The molecule has 2 N–H and O–H groups in total. The van der Waals surface area contributed by atoms with Crippen LogP contribution in [0, 0.1) is 0 Å². The van der Waals surface area contributed by atoms with Crippen molar-refractivity contribution in [2.45, 2.75) is 38.6 Å². The largest absolute Gasteiger partial charge is 0.443 e. The molecule has 0 saturated carbocycles. The van der Waals surface area contributed by atoms with Gasteiger partial charge in [-0.2, -0.15) is 5.01 Å². The van der Waals surface area contributed by atoms with E-state index in [1.807, 2.05) is 42.5 Å². The van der Waals surface area contributed by atoms with Crippen molar-refractivity contribution in [1.82, 2.24) is 10.0 Å². The van der Waals surface area contributed by atoms with E-state index < -0.39 is 42.1 Å². The standard InChI is InChI=1S/C26H25N3O6/c1-16(27)23(31)29(26(33)34-15-18-8-4-3-5-9-18)28-24(32)22(25(28)35-17(2)30)21-13-12-19-10-6-7-11-20(19)14-21/h3-14,16,22,25H,15,27H2,1-2H3/t16-,22+,25-/m0/s1. The predicted molar refractivity (Wildman–Crippen MR) is 126 cm³/mol. The van der Waals surface area contributed by atoms with E-state index in [0.717, 1.165) is 15.8 Å². The third-order valence-electron chi connectivity index (χ3n) is 5.63. The van der Waals surface area contributed by atoms with Crippen molar-refractivity contribution >= 4 is 34.6 Å². The number of carbonyl (C=O) groups is 4. The lowest BCUT2D eigenvalue weighted by atomic mass is 9.87. The van der Waals surface area contributed by atoms with Gasteiger partial charge in [-0.25, -0.2) is 4.79 Å². The van der Waals surface area contributed by atoms with Gasteiger partial charge in [0.25, 0.3) is 11.8 Å². The molecule has 0 unspecified atom stereocenters. The molecule has 0 radical (unpaired) electrons. The average Bonchev–Trinajstić information content (AvgIpc) is 2.85. The smallest absolute Gasteiger partial charge is 0.436 e. The van der Waals surface area contributed by atoms with Gasteiger partial charge in [-0.05, 0) is 28.8 Å². The summed E-state index contributed by atoms with van der Waals surface area (Å²) in [7, 11) is 0. The van der Waals surface area contributed by atoms with Crippen LogP contribution >= 0.6 is 0 Å². The summed E-state index contributed by atoms with van der Waals surface area (Å²) in [5.41, 5.74) is 7.03. The number of fused-ring (bicyclic) bond motifs is 1. The number of hydrogen-bond donors (Lipinski definition) is 1. The van der Waals surface area contributed by atoms with Crippen molar-refractivity contribution in [2.75, 3.05) is 0 Å².